The number of rotatable bonds is 16. The fraction of sp³-hybridized carbons (Fsp3) is 0.818. The van der Waals surface area contributed by atoms with Crippen molar-refractivity contribution in [2.75, 3.05) is 19.7 Å². The van der Waals surface area contributed by atoms with Gasteiger partial charge in [-0.25, -0.2) is 0 Å². The molecule has 0 radical (unpaired) electrons. The van der Waals surface area contributed by atoms with Crippen molar-refractivity contribution in [2.45, 2.75) is 97.1 Å². The van der Waals surface area contributed by atoms with E-state index in [1.54, 1.807) is 0 Å². The van der Waals surface area contributed by atoms with Gasteiger partial charge in [-0.1, -0.05) is 76.9 Å². The van der Waals surface area contributed by atoms with Crippen molar-refractivity contribution in [3.05, 3.63) is 24.6 Å². The zero-order valence-corrected chi connectivity index (χ0v) is 16.9. The lowest BCUT2D eigenvalue weighted by atomic mass is 10.1. The first-order valence-electron chi connectivity index (χ1n) is 10.8. The minimum absolute atomic E-state index is 0.249. The number of nitrogens with one attached hydrogen (secondary N) is 1. The summed E-state index contributed by atoms with van der Waals surface area (Å²) in [6.07, 6.45) is 25.6. The highest BCUT2D eigenvalue weighted by Crippen LogP contribution is 2.21. The molecule has 0 fully saturated rings. The molecule has 0 spiro atoms. The van der Waals surface area contributed by atoms with Gasteiger partial charge < -0.3 is 10.4 Å². The summed E-state index contributed by atoms with van der Waals surface area (Å²) in [5.74, 6) is 0. The van der Waals surface area contributed by atoms with Gasteiger partial charge in [0.25, 0.3) is 0 Å². The van der Waals surface area contributed by atoms with Crippen LogP contribution in [0.4, 0.5) is 0 Å². The average Bonchev–Trinajstić information content (AvgIpc) is 3.02. The number of allylic oxidation sites excluding steroid dienone is 1. The van der Waals surface area contributed by atoms with Crippen LogP contribution in [-0.4, -0.2) is 35.5 Å². The number of quaternary nitrogens is 1. The zero-order chi connectivity index (χ0) is 18.2. The van der Waals surface area contributed by atoms with E-state index in [2.05, 4.69) is 43.7 Å². The summed E-state index contributed by atoms with van der Waals surface area (Å²) in [7, 11) is 0. The highest BCUT2D eigenvalue weighted by atomic mass is 16.3. The molecular weight excluding hydrogens is 308 g/mol. The summed E-state index contributed by atoms with van der Waals surface area (Å²) < 4.78 is 0.860. The molecule has 0 aromatic heterocycles. The predicted octanol–water partition coefficient (Wildman–Crippen LogP) is 5.47. The first-order chi connectivity index (χ1) is 12.3. The number of aliphatic hydroxyl groups is 1. The third-order valence-corrected chi connectivity index (χ3v) is 5.64. The maximum absolute atomic E-state index is 9.33. The van der Waals surface area contributed by atoms with Gasteiger partial charge in [-0.3, -0.25) is 4.48 Å². The molecule has 0 aromatic carbocycles. The number of nitrogens with zero attached hydrogens (tertiary/aromatic N) is 1. The molecule has 0 aliphatic carbocycles. The maximum atomic E-state index is 9.33. The van der Waals surface area contributed by atoms with Gasteiger partial charge >= 0.3 is 0 Å². The van der Waals surface area contributed by atoms with Crippen LogP contribution < -0.4 is 5.32 Å². The van der Waals surface area contributed by atoms with E-state index in [0.29, 0.717) is 6.17 Å². The monoisotopic (exact) mass is 351 g/mol. The maximum Gasteiger partial charge on any atom is 0.169 e. The van der Waals surface area contributed by atoms with Crippen LogP contribution in [-0.2, 0) is 0 Å². The molecule has 1 aliphatic rings. The summed E-state index contributed by atoms with van der Waals surface area (Å²) in [6.45, 7) is 6.56. The van der Waals surface area contributed by atoms with Crippen molar-refractivity contribution in [3.8, 4) is 0 Å². The molecular formula is C22H43N2O+. The Hall–Kier alpha value is -0.800. The topological polar surface area (TPSA) is 32.3 Å². The highest BCUT2D eigenvalue weighted by molar-refractivity contribution is 4.91. The summed E-state index contributed by atoms with van der Waals surface area (Å²) in [5.41, 5.74) is 0. The molecule has 1 heterocycles. The van der Waals surface area contributed by atoms with Gasteiger partial charge in [0.05, 0.1) is 19.4 Å². The Kier molecular flexibility index (Phi) is 12.8. The number of hydrogen-bond donors (Lipinski definition) is 2. The minimum atomic E-state index is 0.249. The Labute approximate surface area is 156 Å². The van der Waals surface area contributed by atoms with Gasteiger partial charge in [0.15, 0.2) is 6.17 Å². The fourth-order valence-electron chi connectivity index (χ4n) is 3.83. The minimum Gasteiger partial charge on any atom is -0.390 e. The normalized spacial score (nSPS) is 22.8. The molecule has 0 bridgehead atoms. The molecule has 0 saturated heterocycles. The second kappa shape index (κ2) is 14.4. The van der Waals surface area contributed by atoms with Gasteiger partial charge in [-0.05, 0) is 19.8 Å². The lowest BCUT2D eigenvalue weighted by Crippen LogP contribution is -2.53. The van der Waals surface area contributed by atoms with Crippen LogP contribution in [0.5, 0.6) is 0 Å². The summed E-state index contributed by atoms with van der Waals surface area (Å²) in [5, 5.41) is 12.8. The van der Waals surface area contributed by atoms with Crippen LogP contribution >= 0.6 is 0 Å². The number of aliphatic hydroxyl groups excluding tert-OH is 1. The summed E-state index contributed by atoms with van der Waals surface area (Å²) in [4.78, 5) is 0. The Morgan fingerprint density at radius 3 is 2.16 bits per heavy atom. The van der Waals surface area contributed by atoms with Gasteiger partial charge in [0, 0.05) is 6.42 Å². The molecule has 0 saturated carbocycles. The van der Waals surface area contributed by atoms with Gasteiger partial charge in [-0.15, -0.1) is 0 Å². The van der Waals surface area contributed by atoms with Crippen molar-refractivity contribution in [3.63, 3.8) is 0 Å². The van der Waals surface area contributed by atoms with Crippen LogP contribution in [0.1, 0.15) is 90.9 Å². The summed E-state index contributed by atoms with van der Waals surface area (Å²) >= 11 is 0. The number of likely N-dealkylation sites (N-methyl/N-ethyl adjacent to an activating group) is 1. The van der Waals surface area contributed by atoms with Gasteiger partial charge in [-0.2, -0.15) is 0 Å². The quantitative estimate of drug-likeness (QED) is 0.219. The SMILES string of the molecule is CCCCCCCCCCCC/C=C/CC1NC=C[N+]1(CC)CCO. The van der Waals surface area contributed by atoms with E-state index in [9.17, 15) is 5.11 Å². The standard InChI is InChI=1S/C22H43N2O/c1-3-5-6-7-8-9-10-11-12-13-14-15-16-17-22-23-18-19-24(22,4-2)20-21-25/h15-16,18-19,22-23,25H,3-14,17,20-21H2,1-2H3/q+1/b16-15+. The molecule has 1 aliphatic heterocycles. The van der Waals surface area contributed by atoms with E-state index in [-0.39, 0.29) is 6.61 Å². The Morgan fingerprint density at radius 1 is 0.920 bits per heavy atom. The molecule has 2 atom stereocenters. The van der Waals surface area contributed by atoms with Crippen LogP contribution in [0.25, 0.3) is 0 Å². The first kappa shape index (κ1) is 22.2. The first-order valence-corrected chi connectivity index (χ1v) is 10.8. The fourth-order valence-corrected chi connectivity index (χ4v) is 3.83. The van der Waals surface area contributed by atoms with Crippen LogP contribution in [0, 0.1) is 0 Å². The second-order valence-electron chi connectivity index (χ2n) is 7.54. The van der Waals surface area contributed by atoms with Gasteiger partial charge in [0.1, 0.15) is 12.7 Å². The van der Waals surface area contributed by atoms with E-state index >= 15 is 0 Å². The zero-order valence-electron chi connectivity index (χ0n) is 16.9. The van der Waals surface area contributed by atoms with E-state index in [1.807, 2.05) is 0 Å². The predicted molar refractivity (Wildman–Crippen MR) is 109 cm³/mol. The highest BCUT2D eigenvalue weighted by Gasteiger charge is 2.35. The van der Waals surface area contributed by atoms with E-state index in [1.165, 1.54) is 70.6 Å². The Bertz CT molecular complexity index is 367. The molecule has 2 unspecified atom stereocenters. The lowest BCUT2D eigenvalue weighted by molar-refractivity contribution is -0.899. The lowest BCUT2D eigenvalue weighted by Gasteiger charge is -2.36. The molecule has 0 aromatic rings. The van der Waals surface area contributed by atoms with E-state index < -0.39 is 0 Å². The largest absolute Gasteiger partial charge is 0.390 e. The molecule has 25 heavy (non-hydrogen) atoms. The smallest absolute Gasteiger partial charge is 0.169 e. The van der Waals surface area contributed by atoms with Gasteiger partial charge in [0.2, 0.25) is 0 Å². The number of hydrogen-bond acceptors (Lipinski definition) is 2. The molecule has 2 N–H and O–H groups in total. The molecule has 146 valence electrons. The van der Waals surface area contributed by atoms with Crippen molar-refractivity contribution in [2.24, 2.45) is 0 Å². The van der Waals surface area contributed by atoms with Crippen LogP contribution in [0.2, 0.25) is 0 Å². The Morgan fingerprint density at radius 2 is 1.56 bits per heavy atom. The average molecular weight is 352 g/mol. The number of unbranched alkanes of at least 4 members (excludes halogenated alkanes) is 10. The second-order valence-corrected chi connectivity index (χ2v) is 7.54. The van der Waals surface area contributed by atoms with Crippen molar-refractivity contribution in [1.29, 1.82) is 0 Å². The Balaban J connectivity index is 2.00. The van der Waals surface area contributed by atoms with Crippen LogP contribution in [0.15, 0.2) is 24.6 Å². The van der Waals surface area contributed by atoms with Crippen molar-refractivity contribution >= 4 is 0 Å². The van der Waals surface area contributed by atoms with Crippen molar-refractivity contribution < 1.29 is 9.59 Å². The molecule has 1 rings (SSSR count). The molecule has 3 heteroatoms. The summed E-state index contributed by atoms with van der Waals surface area (Å²) in [6, 6.07) is 0. The third-order valence-electron chi connectivity index (χ3n) is 5.64. The molecule has 3 nitrogen and oxygen atoms in total. The van der Waals surface area contributed by atoms with Crippen molar-refractivity contribution in [1.82, 2.24) is 5.32 Å². The third kappa shape index (κ3) is 8.91. The molecule has 0 amide bonds. The van der Waals surface area contributed by atoms with Crippen LogP contribution in [0.3, 0.4) is 0 Å². The van der Waals surface area contributed by atoms with E-state index in [0.717, 1.165) is 24.0 Å². The van der Waals surface area contributed by atoms with E-state index in [4.69, 9.17) is 0 Å².